The molecule has 0 fully saturated rings. The summed E-state index contributed by atoms with van der Waals surface area (Å²) in [6, 6.07) is 11.3. The second kappa shape index (κ2) is 6.57. The topological polar surface area (TPSA) is 83.1 Å². The predicted molar refractivity (Wildman–Crippen MR) is 78.0 cm³/mol. The van der Waals surface area contributed by atoms with E-state index in [2.05, 4.69) is 4.72 Å². The first-order valence-corrected chi connectivity index (χ1v) is 8.04. The zero-order valence-corrected chi connectivity index (χ0v) is 12.4. The monoisotopic (exact) mass is 304 g/mol. The fraction of sp³-hybridized carbons (Fsp3) is 0.267. The Morgan fingerprint density at radius 3 is 2.57 bits per heavy atom. The zero-order chi connectivity index (χ0) is 15.3. The Morgan fingerprint density at radius 1 is 1.29 bits per heavy atom. The molecule has 0 saturated heterocycles. The second-order valence-corrected chi connectivity index (χ2v) is 6.49. The van der Waals surface area contributed by atoms with Gasteiger partial charge in [-0.15, -0.1) is 0 Å². The van der Waals surface area contributed by atoms with Crippen LogP contribution in [0.1, 0.15) is 24.7 Å². The summed E-state index contributed by atoms with van der Waals surface area (Å²) in [5.41, 5.74) is 0.430. The fourth-order valence-electron chi connectivity index (χ4n) is 1.91. The SMILES string of the molecule is CC(CCc1ccco1)NS(=O)(=O)c1ccc(C#N)cc1. The highest BCUT2D eigenvalue weighted by molar-refractivity contribution is 7.89. The van der Waals surface area contributed by atoms with E-state index in [0.717, 1.165) is 5.76 Å². The molecule has 1 unspecified atom stereocenters. The number of benzene rings is 1. The minimum absolute atomic E-state index is 0.159. The largest absolute Gasteiger partial charge is 0.469 e. The first-order chi connectivity index (χ1) is 10.0. The van der Waals surface area contributed by atoms with E-state index in [1.807, 2.05) is 19.1 Å². The third kappa shape index (κ3) is 4.18. The van der Waals surface area contributed by atoms with Crippen molar-refractivity contribution in [2.75, 3.05) is 0 Å². The van der Waals surface area contributed by atoms with Gasteiger partial charge in [-0.2, -0.15) is 5.26 Å². The molecule has 0 radical (unpaired) electrons. The van der Waals surface area contributed by atoms with Gasteiger partial charge >= 0.3 is 0 Å². The number of nitrogens with one attached hydrogen (secondary N) is 1. The average Bonchev–Trinajstić information content (AvgIpc) is 2.98. The molecule has 110 valence electrons. The fourth-order valence-corrected chi connectivity index (χ4v) is 3.19. The van der Waals surface area contributed by atoms with Crippen molar-refractivity contribution in [3.8, 4) is 6.07 Å². The van der Waals surface area contributed by atoms with Crippen LogP contribution in [0.2, 0.25) is 0 Å². The summed E-state index contributed by atoms with van der Waals surface area (Å²) < 4.78 is 32.2. The maximum absolute atomic E-state index is 12.2. The number of nitrogens with zero attached hydrogens (tertiary/aromatic N) is 1. The molecule has 1 aromatic carbocycles. The molecule has 6 heteroatoms. The van der Waals surface area contributed by atoms with Crippen LogP contribution >= 0.6 is 0 Å². The lowest BCUT2D eigenvalue weighted by molar-refractivity contribution is 0.480. The Bertz CT molecular complexity index is 713. The van der Waals surface area contributed by atoms with Gasteiger partial charge in [-0.25, -0.2) is 13.1 Å². The van der Waals surface area contributed by atoms with Crippen molar-refractivity contribution in [2.45, 2.75) is 30.7 Å². The number of rotatable bonds is 6. The van der Waals surface area contributed by atoms with Gasteiger partial charge in [-0.05, 0) is 49.7 Å². The number of hydrogen-bond acceptors (Lipinski definition) is 4. The summed E-state index contributed by atoms with van der Waals surface area (Å²) in [6.45, 7) is 1.81. The summed E-state index contributed by atoms with van der Waals surface area (Å²) in [6.07, 6.45) is 2.91. The molecule has 0 aliphatic heterocycles. The Morgan fingerprint density at radius 2 is 2.00 bits per heavy atom. The molecular weight excluding hydrogens is 288 g/mol. The number of nitriles is 1. The van der Waals surface area contributed by atoms with E-state index < -0.39 is 10.0 Å². The van der Waals surface area contributed by atoms with E-state index >= 15 is 0 Å². The highest BCUT2D eigenvalue weighted by Gasteiger charge is 2.17. The molecule has 1 aromatic heterocycles. The first kappa shape index (κ1) is 15.3. The Kier molecular flexibility index (Phi) is 4.78. The van der Waals surface area contributed by atoms with Crippen LogP contribution in [0, 0.1) is 11.3 Å². The Hall–Kier alpha value is -2.10. The van der Waals surface area contributed by atoms with Gasteiger partial charge in [-0.1, -0.05) is 0 Å². The zero-order valence-electron chi connectivity index (χ0n) is 11.6. The molecule has 21 heavy (non-hydrogen) atoms. The van der Waals surface area contributed by atoms with Gasteiger partial charge < -0.3 is 4.42 Å². The average molecular weight is 304 g/mol. The quantitative estimate of drug-likeness (QED) is 0.888. The normalized spacial score (nSPS) is 12.8. The molecule has 0 aliphatic carbocycles. The molecule has 0 spiro atoms. The van der Waals surface area contributed by atoms with E-state index in [1.54, 1.807) is 12.3 Å². The van der Waals surface area contributed by atoms with Crippen molar-refractivity contribution in [3.63, 3.8) is 0 Å². The van der Waals surface area contributed by atoms with Gasteiger partial charge in [-0.3, -0.25) is 0 Å². The highest BCUT2D eigenvalue weighted by Crippen LogP contribution is 2.12. The molecule has 0 saturated carbocycles. The van der Waals surface area contributed by atoms with Crippen LogP contribution in [0.25, 0.3) is 0 Å². The lowest BCUT2D eigenvalue weighted by atomic mass is 10.2. The molecule has 5 nitrogen and oxygen atoms in total. The van der Waals surface area contributed by atoms with Gasteiger partial charge in [0.1, 0.15) is 5.76 Å². The summed E-state index contributed by atoms with van der Waals surface area (Å²) in [7, 11) is -3.57. The number of sulfonamides is 1. The van der Waals surface area contributed by atoms with E-state index in [0.29, 0.717) is 18.4 Å². The molecule has 1 N–H and O–H groups in total. The lowest BCUT2D eigenvalue weighted by Crippen LogP contribution is -2.32. The minimum Gasteiger partial charge on any atom is -0.469 e. The molecule has 1 atom stereocenters. The van der Waals surface area contributed by atoms with Crippen molar-refractivity contribution >= 4 is 10.0 Å². The van der Waals surface area contributed by atoms with Crippen LogP contribution < -0.4 is 4.72 Å². The first-order valence-electron chi connectivity index (χ1n) is 6.56. The third-order valence-corrected chi connectivity index (χ3v) is 4.66. The second-order valence-electron chi connectivity index (χ2n) is 4.78. The molecule has 0 bridgehead atoms. The number of furan rings is 1. The van der Waals surface area contributed by atoms with E-state index in [-0.39, 0.29) is 10.9 Å². The molecule has 1 heterocycles. The van der Waals surface area contributed by atoms with Gasteiger partial charge in [0.05, 0.1) is 22.8 Å². The maximum atomic E-state index is 12.2. The molecule has 2 rings (SSSR count). The molecule has 0 amide bonds. The summed E-state index contributed by atoms with van der Waals surface area (Å²) in [5.74, 6) is 0.833. The number of aryl methyl sites for hydroxylation is 1. The maximum Gasteiger partial charge on any atom is 0.240 e. The van der Waals surface area contributed by atoms with Gasteiger partial charge in [0.15, 0.2) is 0 Å². The van der Waals surface area contributed by atoms with Crippen LogP contribution in [0.15, 0.2) is 52.0 Å². The van der Waals surface area contributed by atoms with Gasteiger partial charge in [0.2, 0.25) is 10.0 Å². The van der Waals surface area contributed by atoms with E-state index in [1.165, 1.54) is 24.3 Å². The van der Waals surface area contributed by atoms with Crippen molar-refractivity contribution in [3.05, 3.63) is 54.0 Å². The number of hydrogen-bond donors (Lipinski definition) is 1. The van der Waals surface area contributed by atoms with Crippen molar-refractivity contribution in [2.24, 2.45) is 0 Å². The molecule has 0 aliphatic rings. The Labute approximate surface area is 124 Å². The van der Waals surface area contributed by atoms with Crippen molar-refractivity contribution in [1.29, 1.82) is 5.26 Å². The predicted octanol–water partition coefficient (Wildman–Crippen LogP) is 2.45. The third-order valence-electron chi connectivity index (χ3n) is 3.05. The van der Waals surface area contributed by atoms with Crippen molar-refractivity contribution < 1.29 is 12.8 Å². The van der Waals surface area contributed by atoms with E-state index in [9.17, 15) is 8.42 Å². The molecule has 2 aromatic rings. The van der Waals surface area contributed by atoms with Crippen LogP contribution in [-0.2, 0) is 16.4 Å². The van der Waals surface area contributed by atoms with Crippen LogP contribution in [0.5, 0.6) is 0 Å². The highest BCUT2D eigenvalue weighted by atomic mass is 32.2. The van der Waals surface area contributed by atoms with Gasteiger partial charge in [0, 0.05) is 12.5 Å². The standard InChI is InChI=1S/C15H16N2O3S/c1-12(4-7-14-3-2-10-20-14)17-21(18,19)15-8-5-13(11-16)6-9-15/h2-3,5-6,8-10,12,17H,4,7H2,1H3. The summed E-state index contributed by atoms with van der Waals surface area (Å²) in [5, 5.41) is 8.71. The molecular formula is C15H16N2O3S. The van der Waals surface area contributed by atoms with Crippen LogP contribution in [-0.4, -0.2) is 14.5 Å². The van der Waals surface area contributed by atoms with Crippen molar-refractivity contribution in [1.82, 2.24) is 4.72 Å². The van der Waals surface area contributed by atoms with Crippen LogP contribution in [0.4, 0.5) is 0 Å². The van der Waals surface area contributed by atoms with E-state index in [4.69, 9.17) is 9.68 Å². The van der Waals surface area contributed by atoms with Crippen LogP contribution in [0.3, 0.4) is 0 Å². The van der Waals surface area contributed by atoms with Gasteiger partial charge in [0.25, 0.3) is 0 Å². The smallest absolute Gasteiger partial charge is 0.240 e. The summed E-state index contributed by atoms with van der Waals surface area (Å²) in [4.78, 5) is 0.159. The summed E-state index contributed by atoms with van der Waals surface area (Å²) >= 11 is 0. The minimum atomic E-state index is -3.57. The Balaban J connectivity index is 1.97. The lowest BCUT2D eigenvalue weighted by Gasteiger charge is -2.13.